The zero-order chi connectivity index (χ0) is 13.9. The minimum absolute atomic E-state index is 0.245. The lowest BCUT2D eigenvalue weighted by molar-refractivity contribution is 0.516. The minimum Gasteiger partial charge on any atom is -0.389 e. The van der Waals surface area contributed by atoms with Crippen molar-refractivity contribution in [2.24, 2.45) is 0 Å². The molecule has 2 aromatic carbocycles. The molecule has 0 saturated carbocycles. The number of nitrogens with zero attached hydrogens (tertiary/aromatic N) is 1. The summed E-state index contributed by atoms with van der Waals surface area (Å²) in [6.45, 7) is 2.61. The van der Waals surface area contributed by atoms with E-state index >= 15 is 0 Å². The molecule has 20 heavy (non-hydrogen) atoms. The molecule has 0 aliphatic carbocycles. The number of fused-ring (bicyclic) bond motifs is 1. The van der Waals surface area contributed by atoms with E-state index in [1.165, 1.54) is 5.56 Å². The molecule has 3 rings (SSSR count). The van der Waals surface area contributed by atoms with Gasteiger partial charge in [0.15, 0.2) is 0 Å². The van der Waals surface area contributed by atoms with Gasteiger partial charge in [0.05, 0.1) is 10.9 Å². The molecule has 100 valence electrons. The second-order valence-electron chi connectivity index (χ2n) is 4.66. The summed E-state index contributed by atoms with van der Waals surface area (Å²) in [7, 11) is 0. The van der Waals surface area contributed by atoms with Crippen molar-refractivity contribution < 1.29 is 4.42 Å². The Hall–Kier alpha value is -2.62. The quantitative estimate of drug-likeness (QED) is 0.791. The number of anilines is 1. The summed E-state index contributed by atoms with van der Waals surface area (Å²) in [6, 6.07) is 15.5. The van der Waals surface area contributed by atoms with Crippen LogP contribution in [0.3, 0.4) is 0 Å². The van der Waals surface area contributed by atoms with Crippen molar-refractivity contribution in [3.63, 3.8) is 0 Å². The van der Waals surface area contributed by atoms with Crippen LogP contribution in [0.25, 0.3) is 10.9 Å². The number of aromatic nitrogens is 1. The van der Waals surface area contributed by atoms with E-state index in [0.29, 0.717) is 17.4 Å². The van der Waals surface area contributed by atoms with Gasteiger partial charge >= 0.3 is 5.63 Å². The Morgan fingerprint density at radius 1 is 1.10 bits per heavy atom. The van der Waals surface area contributed by atoms with E-state index in [0.717, 1.165) is 5.56 Å². The highest BCUT2D eigenvalue weighted by atomic mass is 16.4. The van der Waals surface area contributed by atoms with Gasteiger partial charge in [0.2, 0.25) is 0 Å². The third kappa shape index (κ3) is 2.54. The Labute approximate surface area is 116 Å². The second kappa shape index (κ2) is 5.17. The molecule has 0 radical (unpaired) electrons. The van der Waals surface area contributed by atoms with Crippen molar-refractivity contribution in [2.45, 2.75) is 13.5 Å². The van der Waals surface area contributed by atoms with Gasteiger partial charge in [0.25, 0.3) is 6.01 Å². The van der Waals surface area contributed by atoms with Gasteiger partial charge in [-0.25, -0.2) is 4.79 Å². The first-order valence-corrected chi connectivity index (χ1v) is 6.42. The fourth-order valence-corrected chi connectivity index (χ4v) is 1.98. The average molecular weight is 266 g/mol. The zero-order valence-electron chi connectivity index (χ0n) is 11.1. The normalized spacial score (nSPS) is 10.7. The van der Waals surface area contributed by atoms with E-state index in [1.807, 2.05) is 37.3 Å². The van der Waals surface area contributed by atoms with Crippen LogP contribution in [0.5, 0.6) is 0 Å². The lowest BCUT2D eigenvalue weighted by Gasteiger charge is -2.05. The van der Waals surface area contributed by atoms with Gasteiger partial charge in [0.1, 0.15) is 0 Å². The molecule has 0 amide bonds. The summed E-state index contributed by atoms with van der Waals surface area (Å²) in [5, 5.41) is 3.53. The Bertz CT molecular complexity index is 791. The third-order valence-corrected chi connectivity index (χ3v) is 3.10. The SMILES string of the molecule is Cc1ccc(CNc2nc3ccccc3c(=O)o2)cc1. The van der Waals surface area contributed by atoms with Crippen molar-refractivity contribution >= 4 is 16.9 Å². The fraction of sp³-hybridized carbons (Fsp3) is 0.125. The van der Waals surface area contributed by atoms with Crippen LogP contribution in [0.1, 0.15) is 11.1 Å². The smallest absolute Gasteiger partial charge is 0.348 e. The van der Waals surface area contributed by atoms with Gasteiger partial charge in [-0.2, -0.15) is 4.98 Å². The number of aryl methyl sites for hydroxylation is 1. The Balaban J connectivity index is 1.84. The molecule has 1 aromatic heterocycles. The van der Waals surface area contributed by atoms with Crippen molar-refractivity contribution in [2.75, 3.05) is 5.32 Å². The van der Waals surface area contributed by atoms with E-state index in [-0.39, 0.29) is 11.6 Å². The molecule has 1 N–H and O–H groups in total. The van der Waals surface area contributed by atoms with E-state index in [2.05, 4.69) is 10.3 Å². The molecule has 3 aromatic rings. The van der Waals surface area contributed by atoms with Crippen LogP contribution in [-0.4, -0.2) is 4.98 Å². The standard InChI is InChI=1S/C16H14N2O2/c1-11-6-8-12(9-7-11)10-17-16-18-14-5-3-2-4-13(14)15(19)20-16/h2-9H,10H2,1H3,(H,17,18). The molecule has 0 aliphatic rings. The van der Waals surface area contributed by atoms with Crippen LogP contribution >= 0.6 is 0 Å². The maximum atomic E-state index is 11.8. The molecule has 0 aliphatic heterocycles. The molecular formula is C16H14N2O2. The van der Waals surface area contributed by atoms with Crippen molar-refractivity contribution in [3.8, 4) is 0 Å². The van der Waals surface area contributed by atoms with Gasteiger partial charge in [-0.3, -0.25) is 0 Å². The maximum absolute atomic E-state index is 11.8. The second-order valence-corrected chi connectivity index (χ2v) is 4.66. The minimum atomic E-state index is -0.373. The predicted octanol–water partition coefficient (Wildman–Crippen LogP) is 3.11. The summed E-state index contributed by atoms with van der Waals surface area (Å²) in [6.07, 6.45) is 0. The molecule has 4 nitrogen and oxygen atoms in total. The molecule has 4 heteroatoms. The summed E-state index contributed by atoms with van der Waals surface area (Å²) < 4.78 is 5.16. The monoisotopic (exact) mass is 266 g/mol. The molecule has 0 fully saturated rings. The van der Waals surface area contributed by atoms with E-state index < -0.39 is 0 Å². The van der Waals surface area contributed by atoms with E-state index in [1.54, 1.807) is 18.2 Å². The highest BCUT2D eigenvalue weighted by Crippen LogP contribution is 2.11. The van der Waals surface area contributed by atoms with Crippen molar-refractivity contribution in [1.82, 2.24) is 4.98 Å². The summed E-state index contributed by atoms with van der Waals surface area (Å²) in [4.78, 5) is 16.1. The highest BCUT2D eigenvalue weighted by Gasteiger charge is 2.05. The van der Waals surface area contributed by atoms with Crippen LogP contribution in [0.15, 0.2) is 57.7 Å². The summed E-state index contributed by atoms with van der Waals surface area (Å²) >= 11 is 0. The summed E-state index contributed by atoms with van der Waals surface area (Å²) in [5.74, 6) is 0. The van der Waals surface area contributed by atoms with Gasteiger partial charge < -0.3 is 9.73 Å². The Morgan fingerprint density at radius 3 is 2.65 bits per heavy atom. The number of hydrogen-bond donors (Lipinski definition) is 1. The van der Waals surface area contributed by atoms with Crippen LogP contribution in [0.2, 0.25) is 0 Å². The molecule has 0 bridgehead atoms. The third-order valence-electron chi connectivity index (χ3n) is 3.10. The van der Waals surface area contributed by atoms with Crippen LogP contribution in [0.4, 0.5) is 6.01 Å². The van der Waals surface area contributed by atoms with E-state index in [4.69, 9.17) is 4.42 Å². The molecule has 0 atom stereocenters. The largest absolute Gasteiger partial charge is 0.389 e. The maximum Gasteiger partial charge on any atom is 0.348 e. The van der Waals surface area contributed by atoms with Gasteiger partial charge in [-0.15, -0.1) is 0 Å². The average Bonchev–Trinajstić information content (AvgIpc) is 2.47. The van der Waals surface area contributed by atoms with Gasteiger partial charge in [-0.05, 0) is 24.6 Å². The molecule has 1 heterocycles. The number of nitrogens with one attached hydrogen (secondary N) is 1. The van der Waals surface area contributed by atoms with Gasteiger partial charge in [0, 0.05) is 6.54 Å². The first-order chi connectivity index (χ1) is 9.72. The zero-order valence-corrected chi connectivity index (χ0v) is 11.1. The van der Waals surface area contributed by atoms with Crippen molar-refractivity contribution in [1.29, 1.82) is 0 Å². The Morgan fingerprint density at radius 2 is 1.85 bits per heavy atom. The lowest BCUT2D eigenvalue weighted by Crippen LogP contribution is -2.07. The summed E-state index contributed by atoms with van der Waals surface area (Å²) in [5.41, 5.74) is 2.58. The van der Waals surface area contributed by atoms with Gasteiger partial charge in [-0.1, -0.05) is 42.0 Å². The molecule has 0 unspecified atom stereocenters. The predicted molar refractivity (Wildman–Crippen MR) is 78.8 cm³/mol. The first kappa shape index (κ1) is 12.4. The fourth-order valence-electron chi connectivity index (χ4n) is 1.98. The lowest BCUT2D eigenvalue weighted by atomic mass is 10.1. The van der Waals surface area contributed by atoms with Crippen molar-refractivity contribution in [3.05, 3.63) is 70.1 Å². The first-order valence-electron chi connectivity index (χ1n) is 6.42. The molecular weight excluding hydrogens is 252 g/mol. The van der Waals surface area contributed by atoms with Crippen LogP contribution < -0.4 is 10.9 Å². The number of para-hydroxylation sites is 1. The van der Waals surface area contributed by atoms with Crippen LogP contribution in [0, 0.1) is 6.92 Å². The van der Waals surface area contributed by atoms with E-state index in [9.17, 15) is 4.79 Å². The number of hydrogen-bond acceptors (Lipinski definition) is 4. The van der Waals surface area contributed by atoms with Crippen LogP contribution in [-0.2, 0) is 6.54 Å². The number of benzene rings is 2. The highest BCUT2D eigenvalue weighted by molar-refractivity contribution is 5.77. The Kier molecular flexibility index (Phi) is 3.21. The molecule has 0 spiro atoms. The molecule has 0 saturated heterocycles. The number of rotatable bonds is 3. The topological polar surface area (TPSA) is 55.1 Å².